The Labute approximate surface area is 106 Å². The number of nitrogens with zero attached hydrogens (tertiary/aromatic N) is 1. The van der Waals surface area contributed by atoms with Crippen LogP contribution in [0, 0.1) is 0 Å². The van der Waals surface area contributed by atoms with Gasteiger partial charge in [0.15, 0.2) is 0 Å². The van der Waals surface area contributed by atoms with Gasteiger partial charge in [0.2, 0.25) is 5.76 Å². The molecular formula is C11H8ClNO5. The molecule has 2 N–H and O–H groups in total. The van der Waals surface area contributed by atoms with Gasteiger partial charge in [0.25, 0.3) is 0 Å². The number of halogens is 1. The summed E-state index contributed by atoms with van der Waals surface area (Å²) >= 11 is 5.81. The van der Waals surface area contributed by atoms with Crippen LogP contribution in [0.25, 0.3) is 11.3 Å². The summed E-state index contributed by atoms with van der Waals surface area (Å²) < 4.78 is 9.60. The molecule has 2 rings (SSSR count). The van der Waals surface area contributed by atoms with Crippen LogP contribution in [0.3, 0.4) is 0 Å². The van der Waals surface area contributed by atoms with Crippen LogP contribution >= 0.6 is 11.6 Å². The first kappa shape index (κ1) is 12.3. The van der Waals surface area contributed by atoms with Crippen LogP contribution in [0.1, 0.15) is 10.6 Å². The minimum Gasteiger partial charge on any atom is -0.506 e. The van der Waals surface area contributed by atoms with E-state index in [-0.39, 0.29) is 27.8 Å². The number of hydrogen-bond donors (Lipinski definition) is 2. The largest absolute Gasteiger partial charge is 0.506 e. The summed E-state index contributed by atoms with van der Waals surface area (Å²) in [4.78, 5) is 10.7. The standard InChI is InChI=1S/C11H8ClNO5/c1-17-5-2-6(10(14)7(12)3-5)8-4-9(11(15)16)18-13-8/h2-4,14H,1H3,(H,15,16). The predicted molar refractivity (Wildman–Crippen MR) is 62.1 cm³/mol. The van der Waals surface area contributed by atoms with Crippen LogP contribution in [0.15, 0.2) is 22.7 Å². The molecule has 0 saturated heterocycles. The summed E-state index contributed by atoms with van der Waals surface area (Å²) in [5.41, 5.74) is 0.390. The molecule has 0 unspecified atom stereocenters. The lowest BCUT2D eigenvalue weighted by Gasteiger charge is -2.06. The Kier molecular flexibility index (Phi) is 3.12. The van der Waals surface area contributed by atoms with Gasteiger partial charge in [0.1, 0.15) is 17.2 Å². The number of ether oxygens (including phenoxy) is 1. The number of aromatic nitrogens is 1. The molecule has 0 amide bonds. The number of rotatable bonds is 3. The number of benzene rings is 1. The zero-order chi connectivity index (χ0) is 13.3. The second-order valence-electron chi connectivity index (χ2n) is 3.39. The van der Waals surface area contributed by atoms with Crippen molar-refractivity contribution in [2.45, 2.75) is 0 Å². The van der Waals surface area contributed by atoms with Gasteiger partial charge in [0, 0.05) is 12.1 Å². The molecular weight excluding hydrogens is 262 g/mol. The maximum Gasteiger partial charge on any atom is 0.374 e. The summed E-state index contributed by atoms with van der Waals surface area (Å²) in [6, 6.07) is 4.09. The van der Waals surface area contributed by atoms with E-state index >= 15 is 0 Å². The van der Waals surface area contributed by atoms with Crippen molar-refractivity contribution in [1.29, 1.82) is 0 Å². The number of aromatic carboxylic acids is 1. The number of carboxylic acids is 1. The summed E-state index contributed by atoms with van der Waals surface area (Å²) in [5.74, 6) is -1.39. The van der Waals surface area contributed by atoms with Crippen molar-refractivity contribution < 1.29 is 24.3 Å². The highest BCUT2D eigenvalue weighted by molar-refractivity contribution is 6.32. The molecule has 0 saturated carbocycles. The van der Waals surface area contributed by atoms with Crippen molar-refractivity contribution in [1.82, 2.24) is 5.16 Å². The Hall–Kier alpha value is -2.21. The molecule has 7 heteroatoms. The molecule has 6 nitrogen and oxygen atoms in total. The third-order valence-electron chi connectivity index (χ3n) is 2.27. The third kappa shape index (κ3) is 2.10. The summed E-state index contributed by atoms with van der Waals surface area (Å²) in [6.07, 6.45) is 0. The summed E-state index contributed by atoms with van der Waals surface area (Å²) in [5, 5.41) is 22.2. The molecule has 2 aromatic rings. The number of carbonyl (C=O) groups is 1. The van der Waals surface area contributed by atoms with E-state index in [4.69, 9.17) is 21.4 Å². The molecule has 0 aliphatic heterocycles. The predicted octanol–water partition coefficient (Wildman–Crippen LogP) is 2.41. The van der Waals surface area contributed by atoms with Crippen LogP contribution < -0.4 is 4.74 Å². The van der Waals surface area contributed by atoms with E-state index in [2.05, 4.69) is 9.68 Å². The fraction of sp³-hybridized carbons (Fsp3) is 0.0909. The highest BCUT2D eigenvalue weighted by atomic mass is 35.5. The van der Waals surface area contributed by atoms with E-state index in [1.807, 2.05) is 0 Å². The van der Waals surface area contributed by atoms with Gasteiger partial charge in [-0.1, -0.05) is 16.8 Å². The lowest BCUT2D eigenvalue weighted by molar-refractivity contribution is 0.0652. The number of aromatic hydroxyl groups is 1. The fourth-order valence-corrected chi connectivity index (χ4v) is 1.60. The average molecular weight is 270 g/mol. The second kappa shape index (κ2) is 4.58. The number of phenols is 1. The molecule has 0 aliphatic carbocycles. The Morgan fingerprint density at radius 3 is 2.72 bits per heavy atom. The zero-order valence-electron chi connectivity index (χ0n) is 9.18. The van der Waals surface area contributed by atoms with Crippen molar-refractivity contribution in [3.63, 3.8) is 0 Å². The van der Waals surface area contributed by atoms with E-state index in [9.17, 15) is 9.90 Å². The van der Waals surface area contributed by atoms with Gasteiger partial charge in [-0.15, -0.1) is 0 Å². The van der Waals surface area contributed by atoms with Crippen molar-refractivity contribution >= 4 is 17.6 Å². The molecule has 18 heavy (non-hydrogen) atoms. The highest BCUT2D eigenvalue weighted by Crippen LogP contribution is 2.38. The average Bonchev–Trinajstić information content (AvgIpc) is 2.82. The maximum atomic E-state index is 10.7. The van der Waals surface area contributed by atoms with Gasteiger partial charge < -0.3 is 19.5 Å². The van der Waals surface area contributed by atoms with Gasteiger partial charge in [0.05, 0.1) is 17.7 Å². The van der Waals surface area contributed by atoms with Crippen LogP contribution in [0.5, 0.6) is 11.5 Å². The SMILES string of the molecule is COc1cc(Cl)c(O)c(-c2cc(C(=O)O)on2)c1. The molecule has 1 aromatic heterocycles. The maximum absolute atomic E-state index is 10.7. The second-order valence-corrected chi connectivity index (χ2v) is 3.79. The zero-order valence-corrected chi connectivity index (χ0v) is 9.93. The molecule has 0 bridgehead atoms. The third-order valence-corrected chi connectivity index (χ3v) is 2.56. The molecule has 0 radical (unpaired) electrons. The molecule has 0 atom stereocenters. The smallest absolute Gasteiger partial charge is 0.374 e. The van der Waals surface area contributed by atoms with E-state index in [0.717, 1.165) is 0 Å². The summed E-state index contributed by atoms with van der Waals surface area (Å²) in [7, 11) is 1.44. The Balaban J connectivity index is 2.55. The first-order chi connectivity index (χ1) is 8.52. The van der Waals surface area contributed by atoms with Crippen molar-refractivity contribution in [2.24, 2.45) is 0 Å². The van der Waals surface area contributed by atoms with Gasteiger partial charge >= 0.3 is 5.97 Å². The van der Waals surface area contributed by atoms with Crippen LogP contribution in [-0.4, -0.2) is 28.4 Å². The lowest BCUT2D eigenvalue weighted by atomic mass is 10.1. The van der Waals surface area contributed by atoms with E-state index in [0.29, 0.717) is 5.75 Å². The first-order valence-corrected chi connectivity index (χ1v) is 5.17. The van der Waals surface area contributed by atoms with Gasteiger partial charge in [-0.25, -0.2) is 4.79 Å². The van der Waals surface area contributed by atoms with Crippen molar-refractivity contribution in [3.05, 3.63) is 29.0 Å². The Morgan fingerprint density at radius 1 is 1.44 bits per heavy atom. The van der Waals surface area contributed by atoms with E-state index < -0.39 is 5.97 Å². The topological polar surface area (TPSA) is 92.8 Å². The number of phenolic OH excluding ortho intramolecular Hbond substituents is 1. The normalized spacial score (nSPS) is 10.3. The molecule has 1 heterocycles. The number of methoxy groups -OCH3 is 1. The van der Waals surface area contributed by atoms with Crippen LogP contribution in [0.4, 0.5) is 0 Å². The van der Waals surface area contributed by atoms with E-state index in [1.165, 1.54) is 25.3 Å². The van der Waals surface area contributed by atoms with E-state index in [1.54, 1.807) is 0 Å². The Morgan fingerprint density at radius 2 is 2.17 bits per heavy atom. The lowest BCUT2D eigenvalue weighted by Crippen LogP contribution is -1.91. The van der Waals surface area contributed by atoms with Crippen LogP contribution in [0.2, 0.25) is 5.02 Å². The number of hydrogen-bond acceptors (Lipinski definition) is 5. The van der Waals surface area contributed by atoms with Crippen molar-refractivity contribution in [3.8, 4) is 22.8 Å². The first-order valence-electron chi connectivity index (χ1n) is 4.80. The van der Waals surface area contributed by atoms with Crippen molar-refractivity contribution in [2.75, 3.05) is 7.11 Å². The monoisotopic (exact) mass is 269 g/mol. The quantitative estimate of drug-likeness (QED) is 0.889. The Bertz CT molecular complexity index is 607. The molecule has 0 fully saturated rings. The fourth-order valence-electron chi connectivity index (χ4n) is 1.39. The molecule has 0 aliphatic rings. The molecule has 94 valence electrons. The number of carboxylic acid groups (broad SMARTS) is 1. The summed E-state index contributed by atoms with van der Waals surface area (Å²) in [6.45, 7) is 0. The van der Waals surface area contributed by atoms with Gasteiger partial charge in [-0.05, 0) is 6.07 Å². The highest BCUT2D eigenvalue weighted by Gasteiger charge is 2.17. The van der Waals surface area contributed by atoms with Gasteiger partial charge in [-0.2, -0.15) is 0 Å². The van der Waals surface area contributed by atoms with Crippen LogP contribution in [-0.2, 0) is 0 Å². The molecule has 0 spiro atoms. The minimum absolute atomic E-state index is 0.0734. The molecule has 1 aromatic carbocycles. The minimum atomic E-state index is -1.25. The van der Waals surface area contributed by atoms with Gasteiger partial charge in [-0.3, -0.25) is 0 Å².